The topological polar surface area (TPSA) is 51.8 Å². The molecule has 2 aliphatic rings. The van der Waals surface area contributed by atoms with Crippen LogP contribution < -0.4 is 24.8 Å². The summed E-state index contributed by atoms with van der Waals surface area (Å²) in [6.07, 6.45) is 2.03. The second kappa shape index (κ2) is 10.1. The van der Waals surface area contributed by atoms with Crippen LogP contribution in [0.1, 0.15) is 24.4 Å². The molecule has 4 rings (SSSR count). The summed E-state index contributed by atoms with van der Waals surface area (Å²) in [5.74, 6) is 1.69. The normalized spacial score (nSPS) is 19.9. The van der Waals surface area contributed by atoms with E-state index < -0.39 is 0 Å². The lowest BCUT2D eigenvalue weighted by Crippen LogP contribution is -2.43. The number of piperidine rings is 1. The predicted octanol–water partition coefficient (Wildman–Crippen LogP) is 3.73. The molecule has 1 fully saturated rings. The van der Waals surface area contributed by atoms with Gasteiger partial charge in [-0.05, 0) is 50.0 Å². The number of para-hydroxylation sites is 2. The van der Waals surface area contributed by atoms with Crippen LogP contribution in [0.5, 0.6) is 17.2 Å². The first-order chi connectivity index (χ1) is 13.8. The largest absolute Gasteiger partial charge is 0.496 e. The van der Waals surface area contributed by atoms with Crippen molar-refractivity contribution in [2.75, 3.05) is 33.4 Å². The lowest BCUT2D eigenvalue weighted by atomic mass is 9.85. The Kier molecular flexibility index (Phi) is 7.58. The molecule has 0 saturated carbocycles. The van der Waals surface area contributed by atoms with Crippen molar-refractivity contribution in [3.05, 3.63) is 53.8 Å². The molecule has 2 aromatic carbocycles. The maximum Gasteiger partial charge on any atom is 0.197 e. The van der Waals surface area contributed by atoms with E-state index in [0.717, 1.165) is 31.7 Å². The highest BCUT2D eigenvalue weighted by Crippen LogP contribution is 2.36. The maximum absolute atomic E-state index is 13.8. The Morgan fingerprint density at radius 2 is 1.97 bits per heavy atom. The third-order valence-corrected chi connectivity index (χ3v) is 5.53. The number of halogens is 2. The van der Waals surface area contributed by atoms with Gasteiger partial charge in [-0.2, -0.15) is 0 Å². The first-order valence-electron chi connectivity index (χ1n) is 9.91. The fraction of sp³-hybridized carbons (Fsp3) is 0.455. The van der Waals surface area contributed by atoms with Gasteiger partial charge in [0, 0.05) is 18.2 Å². The van der Waals surface area contributed by atoms with E-state index in [2.05, 4.69) is 16.7 Å². The van der Waals surface area contributed by atoms with E-state index >= 15 is 0 Å². The molecule has 5 nitrogen and oxygen atoms in total. The summed E-state index contributed by atoms with van der Waals surface area (Å²) in [6, 6.07) is 13.1. The Balaban J connectivity index is 0.00000240. The Labute approximate surface area is 177 Å². The maximum atomic E-state index is 13.8. The van der Waals surface area contributed by atoms with Crippen LogP contribution in [0.4, 0.5) is 4.39 Å². The molecule has 2 aromatic rings. The number of methoxy groups -OCH3 is 1. The first kappa shape index (κ1) is 21.7. The van der Waals surface area contributed by atoms with Gasteiger partial charge in [-0.1, -0.05) is 24.3 Å². The highest BCUT2D eigenvalue weighted by atomic mass is 35.5. The zero-order chi connectivity index (χ0) is 19.3. The van der Waals surface area contributed by atoms with Gasteiger partial charge < -0.3 is 24.8 Å². The van der Waals surface area contributed by atoms with E-state index in [-0.39, 0.29) is 36.1 Å². The summed E-state index contributed by atoms with van der Waals surface area (Å²) < 4.78 is 31.0. The van der Waals surface area contributed by atoms with Gasteiger partial charge in [0.25, 0.3) is 0 Å². The highest BCUT2D eigenvalue weighted by molar-refractivity contribution is 5.85. The van der Waals surface area contributed by atoms with Gasteiger partial charge in [0.1, 0.15) is 18.5 Å². The molecule has 2 unspecified atom stereocenters. The average Bonchev–Trinajstić information content (AvgIpc) is 2.75. The number of benzene rings is 2. The van der Waals surface area contributed by atoms with Crippen LogP contribution in [-0.2, 0) is 0 Å². The molecule has 0 spiro atoms. The number of ether oxygens (including phenoxy) is 3. The van der Waals surface area contributed by atoms with Crippen molar-refractivity contribution in [3.63, 3.8) is 0 Å². The van der Waals surface area contributed by atoms with Crippen LogP contribution in [0.15, 0.2) is 42.5 Å². The average molecular weight is 423 g/mol. The van der Waals surface area contributed by atoms with Crippen molar-refractivity contribution in [2.24, 2.45) is 5.92 Å². The zero-order valence-corrected chi connectivity index (χ0v) is 17.3. The van der Waals surface area contributed by atoms with Crippen molar-refractivity contribution in [3.8, 4) is 17.2 Å². The van der Waals surface area contributed by atoms with E-state index in [9.17, 15) is 4.39 Å². The molecule has 7 heteroatoms. The minimum Gasteiger partial charge on any atom is -0.496 e. The van der Waals surface area contributed by atoms with Crippen LogP contribution in [0.3, 0.4) is 0 Å². The molecule has 158 valence electrons. The Hall–Kier alpha value is -2.02. The van der Waals surface area contributed by atoms with E-state index in [1.165, 1.54) is 11.6 Å². The summed E-state index contributed by atoms with van der Waals surface area (Å²) in [7, 11) is 1.71. The molecule has 0 aromatic heterocycles. The monoisotopic (exact) mass is 422 g/mol. The van der Waals surface area contributed by atoms with E-state index in [0.29, 0.717) is 24.8 Å². The van der Waals surface area contributed by atoms with Gasteiger partial charge in [-0.15, -0.1) is 12.4 Å². The van der Waals surface area contributed by atoms with Crippen LogP contribution in [-0.4, -0.2) is 39.5 Å². The van der Waals surface area contributed by atoms with Crippen molar-refractivity contribution in [1.29, 1.82) is 0 Å². The molecule has 0 aliphatic carbocycles. The molecule has 2 heterocycles. The van der Waals surface area contributed by atoms with Crippen molar-refractivity contribution in [2.45, 2.75) is 25.0 Å². The van der Waals surface area contributed by atoms with Gasteiger partial charge in [-0.3, -0.25) is 0 Å². The third kappa shape index (κ3) is 4.94. The molecule has 2 aliphatic heterocycles. The smallest absolute Gasteiger partial charge is 0.197 e. The molecule has 1 saturated heterocycles. The summed E-state index contributed by atoms with van der Waals surface area (Å²) in [6.45, 7) is 2.98. The number of rotatable bonds is 6. The summed E-state index contributed by atoms with van der Waals surface area (Å²) >= 11 is 0. The summed E-state index contributed by atoms with van der Waals surface area (Å²) in [5, 5.41) is 7.12. The van der Waals surface area contributed by atoms with Gasteiger partial charge in [-0.25, -0.2) is 4.39 Å². The Morgan fingerprint density at radius 3 is 2.76 bits per heavy atom. The van der Waals surface area contributed by atoms with E-state index in [1.807, 2.05) is 18.2 Å². The van der Waals surface area contributed by atoms with E-state index in [1.54, 1.807) is 19.2 Å². The number of hydrogen-bond donors (Lipinski definition) is 2. The molecular weight excluding hydrogens is 395 g/mol. The second-order valence-electron chi connectivity index (χ2n) is 7.33. The van der Waals surface area contributed by atoms with Gasteiger partial charge in [0.05, 0.1) is 7.11 Å². The van der Waals surface area contributed by atoms with Gasteiger partial charge in [0.15, 0.2) is 17.3 Å². The quantitative estimate of drug-likeness (QED) is 0.743. The number of fused-ring (bicyclic) bond motifs is 1. The van der Waals surface area contributed by atoms with E-state index in [4.69, 9.17) is 14.2 Å². The molecule has 0 amide bonds. The summed E-state index contributed by atoms with van der Waals surface area (Å²) in [5.41, 5.74) is 1.17. The van der Waals surface area contributed by atoms with Gasteiger partial charge >= 0.3 is 0 Å². The highest BCUT2D eigenvalue weighted by Gasteiger charge is 2.29. The summed E-state index contributed by atoms with van der Waals surface area (Å²) in [4.78, 5) is 0. The molecule has 2 N–H and O–H groups in total. The third-order valence-electron chi connectivity index (χ3n) is 5.53. The fourth-order valence-electron chi connectivity index (χ4n) is 4.10. The molecule has 29 heavy (non-hydrogen) atoms. The molecular formula is C22H28ClFN2O3. The Morgan fingerprint density at radius 1 is 1.17 bits per heavy atom. The van der Waals surface area contributed by atoms with Crippen molar-refractivity contribution < 1.29 is 18.6 Å². The van der Waals surface area contributed by atoms with Crippen LogP contribution in [0.2, 0.25) is 0 Å². The van der Waals surface area contributed by atoms with Gasteiger partial charge in [0.2, 0.25) is 0 Å². The lowest BCUT2D eigenvalue weighted by molar-refractivity contribution is 0.0809. The molecule has 0 bridgehead atoms. The minimum absolute atomic E-state index is 0. The minimum atomic E-state index is -0.384. The van der Waals surface area contributed by atoms with Crippen LogP contribution >= 0.6 is 12.4 Å². The number of nitrogens with one attached hydrogen (secondary N) is 2. The molecule has 0 radical (unpaired) electrons. The Bertz CT molecular complexity index is 801. The van der Waals surface area contributed by atoms with Crippen LogP contribution in [0.25, 0.3) is 0 Å². The zero-order valence-electron chi connectivity index (χ0n) is 16.5. The predicted molar refractivity (Wildman–Crippen MR) is 113 cm³/mol. The lowest BCUT2D eigenvalue weighted by Gasteiger charge is -2.34. The van der Waals surface area contributed by atoms with Crippen LogP contribution in [0, 0.1) is 11.7 Å². The fourth-order valence-corrected chi connectivity index (χ4v) is 4.10. The standard InChI is InChI=1S/C22H27FN2O3.ClH/c1-26-19-7-3-2-5-17(19)21(15-9-11-24-12-10-15)25-13-16-14-27-22-18(23)6-4-8-20(22)28-16;/h2-8,15-16,21,24-25H,9-14H2,1H3;1H. The van der Waals surface area contributed by atoms with Crippen molar-refractivity contribution >= 4 is 12.4 Å². The second-order valence-corrected chi connectivity index (χ2v) is 7.33. The first-order valence-corrected chi connectivity index (χ1v) is 9.91. The molecule has 2 atom stereocenters. The number of hydrogen-bond acceptors (Lipinski definition) is 5. The van der Waals surface area contributed by atoms with Crippen molar-refractivity contribution in [1.82, 2.24) is 10.6 Å². The SMILES string of the molecule is COc1ccccc1C(NCC1COc2c(F)cccc2O1)C1CCNCC1.Cl.